The molecule has 0 radical (unpaired) electrons. The third-order valence-electron chi connectivity index (χ3n) is 2.52. The van der Waals surface area contributed by atoms with Crippen molar-refractivity contribution in [2.45, 2.75) is 20.0 Å². The normalized spacial score (nSPS) is 10.1. The van der Waals surface area contributed by atoms with Gasteiger partial charge in [0.25, 0.3) is 0 Å². The summed E-state index contributed by atoms with van der Waals surface area (Å²) in [6, 6.07) is 5.60. The van der Waals surface area contributed by atoms with Gasteiger partial charge in [-0.05, 0) is 6.07 Å². The van der Waals surface area contributed by atoms with E-state index in [2.05, 4.69) is 0 Å². The molecule has 1 rings (SSSR count). The Bertz CT molecular complexity index is 403. The molecule has 0 fully saturated rings. The van der Waals surface area contributed by atoms with E-state index in [-0.39, 0.29) is 12.6 Å². The summed E-state index contributed by atoms with van der Waals surface area (Å²) in [5.41, 5.74) is 0.892. The molecule has 0 aliphatic carbocycles. The Kier molecular flexibility index (Phi) is 6.74. The van der Waals surface area contributed by atoms with Gasteiger partial charge in [-0.3, -0.25) is 4.79 Å². The number of carbonyl (C=O) groups excluding carboxylic acids is 1. The molecule has 0 bridgehead atoms. The van der Waals surface area contributed by atoms with Gasteiger partial charge in [0.2, 0.25) is 0 Å². The lowest BCUT2D eigenvalue weighted by atomic mass is 10.2. The second-order valence-corrected chi connectivity index (χ2v) is 3.78. The lowest BCUT2D eigenvalue weighted by Gasteiger charge is -2.12. The van der Waals surface area contributed by atoms with Crippen LogP contribution in [-0.4, -0.2) is 33.4 Å². The van der Waals surface area contributed by atoms with Crippen LogP contribution in [0.2, 0.25) is 0 Å². The molecule has 0 atom stereocenters. The van der Waals surface area contributed by atoms with E-state index in [1.54, 1.807) is 21.1 Å². The largest absolute Gasteiger partial charge is 0.493 e. The van der Waals surface area contributed by atoms with Crippen LogP contribution in [0.1, 0.15) is 18.9 Å². The first-order chi connectivity index (χ1) is 9.22. The minimum atomic E-state index is -0.220. The molecule has 0 aromatic heterocycles. The molecule has 1 aromatic rings. The maximum absolute atomic E-state index is 10.9. The van der Waals surface area contributed by atoms with Crippen LogP contribution in [0.15, 0.2) is 18.2 Å². The van der Waals surface area contributed by atoms with Gasteiger partial charge in [-0.1, -0.05) is 19.1 Å². The van der Waals surface area contributed by atoms with Crippen molar-refractivity contribution in [3.8, 4) is 11.5 Å². The van der Waals surface area contributed by atoms with E-state index < -0.39 is 0 Å². The predicted molar refractivity (Wildman–Crippen MR) is 70.5 cm³/mol. The third-order valence-corrected chi connectivity index (χ3v) is 2.52. The topological polar surface area (TPSA) is 54.0 Å². The SMILES string of the molecule is CCC(=O)OCCOCc1cccc(OC)c1OC. The third kappa shape index (κ3) is 4.79. The molecule has 0 saturated carbocycles. The zero-order valence-corrected chi connectivity index (χ0v) is 11.6. The van der Waals surface area contributed by atoms with E-state index in [4.69, 9.17) is 18.9 Å². The summed E-state index contributed by atoms with van der Waals surface area (Å²) in [5.74, 6) is 1.11. The second-order valence-electron chi connectivity index (χ2n) is 3.78. The molecule has 5 heteroatoms. The molecular formula is C14H20O5. The average Bonchev–Trinajstić information content (AvgIpc) is 2.45. The van der Waals surface area contributed by atoms with Crippen molar-refractivity contribution in [3.05, 3.63) is 23.8 Å². The number of para-hydroxylation sites is 1. The molecule has 1 aromatic carbocycles. The van der Waals surface area contributed by atoms with Crippen molar-refractivity contribution in [2.24, 2.45) is 0 Å². The highest BCUT2D eigenvalue weighted by atomic mass is 16.6. The molecule has 0 unspecified atom stereocenters. The molecule has 0 heterocycles. The van der Waals surface area contributed by atoms with Crippen LogP contribution in [0.25, 0.3) is 0 Å². The average molecular weight is 268 g/mol. The lowest BCUT2D eigenvalue weighted by molar-refractivity contribution is -0.144. The highest BCUT2D eigenvalue weighted by molar-refractivity contribution is 5.68. The monoisotopic (exact) mass is 268 g/mol. The minimum absolute atomic E-state index is 0.220. The fourth-order valence-corrected chi connectivity index (χ4v) is 1.57. The number of carbonyl (C=O) groups is 1. The Morgan fingerprint density at radius 1 is 1.16 bits per heavy atom. The van der Waals surface area contributed by atoms with Crippen LogP contribution in [0.3, 0.4) is 0 Å². The molecule has 19 heavy (non-hydrogen) atoms. The van der Waals surface area contributed by atoms with E-state index in [1.807, 2.05) is 18.2 Å². The molecule has 0 aliphatic rings. The molecule has 0 N–H and O–H groups in total. The summed E-state index contributed by atoms with van der Waals surface area (Å²) in [6.45, 7) is 2.75. The minimum Gasteiger partial charge on any atom is -0.493 e. The molecular weight excluding hydrogens is 248 g/mol. The van der Waals surface area contributed by atoms with Gasteiger partial charge in [0.1, 0.15) is 6.61 Å². The van der Waals surface area contributed by atoms with Crippen molar-refractivity contribution in [1.29, 1.82) is 0 Å². The van der Waals surface area contributed by atoms with Crippen LogP contribution < -0.4 is 9.47 Å². The predicted octanol–water partition coefficient (Wildman–Crippen LogP) is 2.17. The van der Waals surface area contributed by atoms with Gasteiger partial charge in [-0.25, -0.2) is 0 Å². The second kappa shape index (κ2) is 8.37. The number of hydrogen-bond donors (Lipinski definition) is 0. The summed E-state index contributed by atoms with van der Waals surface area (Å²) < 4.78 is 20.8. The fraction of sp³-hybridized carbons (Fsp3) is 0.500. The summed E-state index contributed by atoms with van der Waals surface area (Å²) >= 11 is 0. The van der Waals surface area contributed by atoms with Crippen LogP contribution in [-0.2, 0) is 20.9 Å². The highest BCUT2D eigenvalue weighted by Crippen LogP contribution is 2.30. The number of ether oxygens (including phenoxy) is 4. The fourth-order valence-electron chi connectivity index (χ4n) is 1.57. The van der Waals surface area contributed by atoms with Crippen molar-refractivity contribution in [2.75, 3.05) is 27.4 Å². The van der Waals surface area contributed by atoms with Gasteiger partial charge in [-0.2, -0.15) is 0 Å². The molecule has 0 saturated heterocycles. The molecule has 5 nitrogen and oxygen atoms in total. The van der Waals surface area contributed by atoms with Gasteiger partial charge in [0.05, 0.1) is 27.4 Å². The number of hydrogen-bond acceptors (Lipinski definition) is 5. The Morgan fingerprint density at radius 3 is 2.58 bits per heavy atom. The smallest absolute Gasteiger partial charge is 0.305 e. The molecule has 0 amide bonds. The van der Waals surface area contributed by atoms with E-state index in [9.17, 15) is 4.79 Å². The van der Waals surface area contributed by atoms with Crippen molar-refractivity contribution < 1.29 is 23.7 Å². The Balaban J connectivity index is 2.43. The molecule has 0 aliphatic heterocycles. The van der Waals surface area contributed by atoms with Gasteiger partial charge in [0, 0.05) is 12.0 Å². The summed E-state index contributed by atoms with van der Waals surface area (Å²) in [6.07, 6.45) is 0.379. The number of esters is 1. The number of benzene rings is 1. The summed E-state index contributed by atoms with van der Waals surface area (Å²) in [4.78, 5) is 10.9. The maximum Gasteiger partial charge on any atom is 0.305 e. The van der Waals surface area contributed by atoms with Crippen LogP contribution >= 0.6 is 0 Å². The lowest BCUT2D eigenvalue weighted by Crippen LogP contribution is -2.09. The summed E-state index contributed by atoms with van der Waals surface area (Å²) in [7, 11) is 3.18. The van der Waals surface area contributed by atoms with Crippen molar-refractivity contribution in [1.82, 2.24) is 0 Å². The Labute approximate surface area is 113 Å². The van der Waals surface area contributed by atoms with E-state index in [0.717, 1.165) is 5.56 Å². The first-order valence-corrected chi connectivity index (χ1v) is 6.16. The number of methoxy groups -OCH3 is 2. The molecule has 106 valence electrons. The zero-order valence-electron chi connectivity index (χ0n) is 11.6. The van der Waals surface area contributed by atoms with Crippen LogP contribution in [0.4, 0.5) is 0 Å². The maximum atomic E-state index is 10.9. The standard InChI is InChI=1S/C14H20O5/c1-4-13(15)19-9-8-18-10-11-6-5-7-12(16-2)14(11)17-3/h5-7H,4,8-10H2,1-3H3. The van der Waals surface area contributed by atoms with E-state index >= 15 is 0 Å². The highest BCUT2D eigenvalue weighted by Gasteiger charge is 2.09. The van der Waals surface area contributed by atoms with Gasteiger partial charge >= 0.3 is 5.97 Å². The first kappa shape index (κ1) is 15.3. The van der Waals surface area contributed by atoms with Gasteiger partial charge in [-0.15, -0.1) is 0 Å². The quantitative estimate of drug-likeness (QED) is 0.534. The van der Waals surface area contributed by atoms with Gasteiger partial charge < -0.3 is 18.9 Å². The van der Waals surface area contributed by atoms with Crippen LogP contribution in [0, 0.1) is 0 Å². The van der Waals surface area contributed by atoms with E-state index in [0.29, 0.717) is 31.1 Å². The van der Waals surface area contributed by atoms with Crippen LogP contribution in [0.5, 0.6) is 11.5 Å². The Hall–Kier alpha value is -1.75. The Morgan fingerprint density at radius 2 is 1.95 bits per heavy atom. The van der Waals surface area contributed by atoms with Gasteiger partial charge in [0.15, 0.2) is 11.5 Å². The van der Waals surface area contributed by atoms with E-state index in [1.165, 1.54) is 0 Å². The van der Waals surface area contributed by atoms with Crippen molar-refractivity contribution >= 4 is 5.97 Å². The molecule has 0 spiro atoms. The first-order valence-electron chi connectivity index (χ1n) is 6.16. The number of rotatable bonds is 8. The van der Waals surface area contributed by atoms with Crippen molar-refractivity contribution in [3.63, 3.8) is 0 Å². The zero-order chi connectivity index (χ0) is 14.1. The summed E-state index contributed by atoms with van der Waals surface area (Å²) in [5, 5.41) is 0.